The molecule has 0 spiro atoms. The quantitative estimate of drug-likeness (QED) is 0.775. The number of aryl methyl sites for hydroxylation is 1. The lowest BCUT2D eigenvalue weighted by molar-refractivity contribution is -0.139. The highest BCUT2D eigenvalue weighted by molar-refractivity contribution is 5.76. The van der Waals surface area contributed by atoms with Crippen molar-refractivity contribution in [3.05, 3.63) is 35.4 Å². The largest absolute Gasteiger partial charge is 0.481 e. The highest BCUT2D eigenvalue weighted by Crippen LogP contribution is 2.20. The molecule has 1 aromatic carbocycles. The lowest BCUT2D eigenvalue weighted by atomic mass is 9.95. The third-order valence-corrected chi connectivity index (χ3v) is 2.51. The van der Waals surface area contributed by atoms with Crippen LogP contribution < -0.4 is 0 Å². The number of carboxylic acid groups (broad SMARTS) is 1. The molecule has 0 saturated carbocycles. The number of rotatable bonds is 5. The minimum Gasteiger partial charge on any atom is -0.481 e. The molecule has 0 radical (unpaired) electrons. The molecule has 3 nitrogen and oxygen atoms in total. The standard InChI is InChI=1S/C12H16O3/c1-2-9-3-5-10(6-4-9)11(7-8-13)12(14)15/h3-6,11,13H,2,7-8H2,1H3,(H,14,15). The summed E-state index contributed by atoms with van der Waals surface area (Å²) >= 11 is 0. The number of aliphatic carboxylic acids is 1. The number of carbonyl (C=O) groups is 1. The summed E-state index contributed by atoms with van der Waals surface area (Å²) < 4.78 is 0. The molecule has 2 N–H and O–H groups in total. The Bertz CT molecular complexity index is 316. The maximum Gasteiger partial charge on any atom is 0.311 e. The Morgan fingerprint density at radius 3 is 2.33 bits per heavy atom. The van der Waals surface area contributed by atoms with Crippen molar-refractivity contribution >= 4 is 5.97 Å². The van der Waals surface area contributed by atoms with Gasteiger partial charge >= 0.3 is 5.97 Å². The molecule has 0 aliphatic carbocycles. The van der Waals surface area contributed by atoms with Crippen LogP contribution in [0.3, 0.4) is 0 Å². The molecule has 0 fully saturated rings. The number of hydrogen-bond acceptors (Lipinski definition) is 2. The highest BCUT2D eigenvalue weighted by Gasteiger charge is 2.18. The Balaban J connectivity index is 2.86. The summed E-state index contributed by atoms with van der Waals surface area (Å²) in [4.78, 5) is 10.9. The fourth-order valence-corrected chi connectivity index (χ4v) is 1.55. The first-order valence-corrected chi connectivity index (χ1v) is 5.11. The van der Waals surface area contributed by atoms with Crippen LogP contribution >= 0.6 is 0 Å². The minimum atomic E-state index is -0.881. The van der Waals surface area contributed by atoms with E-state index in [9.17, 15) is 4.79 Å². The van der Waals surface area contributed by atoms with E-state index in [1.54, 1.807) is 0 Å². The van der Waals surface area contributed by atoms with Gasteiger partial charge in [-0.1, -0.05) is 31.2 Å². The zero-order valence-electron chi connectivity index (χ0n) is 8.81. The van der Waals surface area contributed by atoms with E-state index in [1.165, 1.54) is 5.56 Å². The van der Waals surface area contributed by atoms with E-state index in [0.29, 0.717) is 0 Å². The van der Waals surface area contributed by atoms with Gasteiger partial charge in [0.25, 0.3) is 0 Å². The van der Waals surface area contributed by atoms with Crippen molar-refractivity contribution in [1.82, 2.24) is 0 Å². The zero-order chi connectivity index (χ0) is 11.3. The van der Waals surface area contributed by atoms with E-state index in [1.807, 2.05) is 24.3 Å². The topological polar surface area (TPSA) is 57.5 Å². The number of benzene rings is 1. The summed E-state index contributed by atoms with van der Waals surface area (Å²) in [5, 5.41) is 17.8. The van der Waals surface area contributed by atoms with Gasteiger partial charge in [0.15, 0.2) is 0 Å². The normalized spacial score (nSPS) is 12.4. The molecule has 0 aromatic heterocycles. The fourth-order valence-electron chi connectivity index (χ4n) is 1.55. The fraction of sp³-hybridized carbons (Fsp3) is 0.417. The Morgan fingerprint density at radius 2 is 1.93 bits per heavy atom. The van der Waals surface area contributed by atoms with Crippen LogP contribution in [-0.4, -0.2) is 22.8 Å². The van der Waals surface area contributed by atoms with Crippen LogP contribution in [0.2, 0.25) is 0 Å². The summed E-state index contributed by atoms with van der Waals surface area (Å²) in [5.74, 6) is -1.48. The molecule has 0 bridgehead atoms. The van der Waals surface area contributed by atoms with E-state index < -0.39 is 11.9 Å². The molecule has 1 atom stereocenters. The van der Waals surface area contributed by atoms with Gasteiger partial charge in [-0.15, -0.1) is 0 Å². The van der Waals surface area contributed by atoms with Crippen LogP contribution in [0.1, 0.15) is 30.4 Å². The van der Waals surface area contributed by atoms with Crippen LogP contribution in [0, 0.1) is 0 Å². The molecule has 0 saturated heterocycles. The molecule has 15 heavy (non-hydrogen) atoms. The average Bonchev–Trinajstić information content (AvgIpc) is 2.26. The Kier molecular flexibility index (Phi) is 4.31. The maximum atomic E-state index is 10.9. The molecular weight excluding hydrogens is 192 g/mol. The van der Waals surface area contributed by atoms with E-state index in [-0.39, 0.29) is 13.0 Å². The van der Waals surface area contributed by atoms with E-state index in [4.69, 9.17) is 10.2 Å². The predicted octanol–water partition coefficient (Wildman–Crippen LogP) is 1.80. The third kappa shape index (κ3) is 3.06. The SMILES string of the molecule is CCc1ccc(C(CCO)C(=O)O)cc1. The molecule has 82 valence electrons. The van der Waals surface area contributed by atoms with Gasteiger partial charge in [0.2, 0.25) is 0 Å². The zero-order valence-corrected chi connectivity index (χ0v) is 8.81. The van der Waals surface area contributed by atoms with Gasteiger partial charge in [-0.3, -0.25) is 4.79 Å². The van der Waals surface area contributed by atoms with Gasteiger partial charge in [-0.25, -0.2) is 0 Å². The van der Waals surface area contributed by atoms with Crippen LogP contribution in [-0.2, 0) is 11.2 Å². The van der Waals surface area contributed by atoms with Crippen LogP contribution in [0.15, 0.2) is 24.3 Å². The van der Waals surface area contributed by atoms with Crippen molar-refractivity contribution in [1.29, 1.82) is 0 Å². The van der Waals surface area contributed by atoms with Gasteiger partial charge in [0.05, 0.1) is 5.92 Å². The van der Waals surface area contributed by atoms with Crippen LogP contribution in [0.4, 0.5) is 0 Å². The summed E-state index contributed by atoms with van der Waals surface area (Å²) in [6.45, 7) is 1.95. The van der Waals surface area contributed by atoms with Gasteiger partial charge in [0, 0.05) is 6.61 Å². The Hall–Kier alpha value is -1.35. The maximum absolute atomic E-state index is 10.9. The number of hydrogen-bond donors (Lipinski definition) is 2. The lowest BCUT2D eigenvalue weighted by Crippen LogP contribution is -2.13. The lowest BCUT2D eigenvalue weighted by Gasteiger charge is -2.11. The van der Waals surface area contributed by atoms with Crippen molar-refractivity contribution in [2.45, 2.75) is 25.7 Å². The average molecular weight is 208 g/mol. The summed E-state index contributed by atoms with van der Waals surface area (Å²) in [6.07, 6.45) is 1.21. The highest BCUT2D eigenvalue weighted by atomic mass is 16.4. The molecule has 3 heteroatoms. The van der Waals surface area contributed by atoms with Crippen molar-refractivity contribution < 1.29 is 15.0 Å². The van der Waals surface area contributed by atoms with Crippen molar-refractivity contribution in [2.24, 2.45) is 0 Å². The van der Waals surface area contributed by atoms with Crippen molar-refractivity contribution in [2.75, 3.05) is 6.61 Å². The second-order valence-electron chi connectivity index (χ2n) is 3.50. The third-order valence-electron chi connectivity index (χ3n) is 2.51. The van der Waals surface area contributed by atoms with E-state index in [0.717, 1.165) is 12.0 Å². The smallest absolute Gasteiger partial charge is 0.311 e. The second kappa shape index (κ2) is 5.51. The molecule has 0 heterocycles. The molecule has 1 aromatic rings. The van der Waals surface area contributed by atoms with Gasteiger partial charge in [-0.2, -0.15) is 0 Å². The minimum absolute atomic E-state index is 0.105. The van der Waals surface area contributed by atoms with E-state index >= 15 is 0 Å². The van der Waals surface area contributed by atoms with Crippen LogP contribution in [0.25, 0.3) is 0 Å². The first kappa shape index (κ1) is 11.7. The Morgan fingerprint density at radius 1 is 1.33 bits per heavy atom. The number of aliphatic hydroxyl groups excluding tert-OH is 1. The van der Waals surface area contributed by atoms with Crippen molar-refractivity contribution in [3.8, 4) is 0 Å². The molecule has 1 rings (SSSR count). The first-order valence-electron chi connectivity index (χ1n) is 5.11. The summed E-state index contributed by atoms with van der Waals surface area (Å²) in [5.41, 5.74) is 1.95. The predicted molar refractivity (Wildman–Crippen MR) is 57.9 cm³/mol. The van der Waals surface area contributed by atoms with Gasteiger partial charge < -0.3 is 10.2 Å². The van der Waals surface area contributed by atoms with Crippen molar-refractivity contribution in [3.63, 3.8) is 0 Å². The number of aliphatic hydroxyl groups is 1. The van der Waals surface area contributed by atoms with Gasteiger partial charge in [0.1, 0.15) is 0 Å². The second-order valence-corrected chi connectivity index (χ2v) is 3.50. The molecular formula is C12H16O3. The van der Waals surface area contributed by atoms with E-state index in [2.05, 4.69) is 6.92 Å². The molecule has 0 aliphatic heterocycles. The first-order chi connectivity index (χ1) is 7.19. The molecule has 0 aliphatic rings. The van der Waals surface area contributed by atoms with Gasteiger partial charge in [-0.05, 0) is 24.0 Å². The monoisotopic (exact) mass is 208 g/mol. The van der Waals surface area contributed by atoms with Crippen LogP contribution in [0.5, 0.6) is 0 Å². The Labute approximate surface area is 89.4 Å². The summed E-state index contributed by atoms with van der Waals surface area (Å²) in [7, 11) is 0. The number of carboxylic acids is 1. The molecule has 1 unspecified atom stereocenters. The molecule has 0 amide bonds. The summed E-state index contributed by atoms with van der Waals surface area (Å²) in [6, 6.07) is 7.52.